The molecule has 2 rings (SSSR count). The number of aromatic hydroxyl groups is 1. The summed E-state index contributed by atoms with van der Waals surface area (Å²) >= 11 is 0. The average molecular weight is 219 g/mol. The van der Waals surface area contributed by atoms with Crippen LogP contribution in [0.3, 0.4) is 0 Å². The molecule has 4 nitrogen and oxygen atoms in total. The number of hydrogen-bond acceptors (Lipinski definition) is 4. The summed E-state index contributed by atoms with van der Waals surface area (Å²) < 4.78 is 11.2. The molecule has 1 aromatic rings. The van der Waals surface area contributed by atoms with Crippen LogP contribution in [0.5, 0.6) is 5.75 Å². The van der Waals surface area contributed by atoms with Gasteiger partial charge in [0.05, 0.1) is 30.8 Å². The summed E-state index contributed by atoms with van der Waals surface area (Å²) in [5, 5.41) is 18.3. The van der Waals surface area contributed by atoms with Crippen LogP contribution in [0.15, 0.2) is 24.3 Å². The Hall–Kier alpha value is -1.57. The number of benzene rings is 1. The first-order valence-corrected chi connectivity index (χ1v) is 5.13. The highest BCUT2D eigenvalue weighted by molar-refractivity contribution is 5.35. The van der Waals surface area contributed by atoms with Crippen molar-refractivity contribution in [3.8, 4) is 11.8 Å². The van der Waals surface area contributed by atoms with E-state index in [4.69, 9.17) is 14.7 Å². The number of nitrogens with zero attached hydrogens (tertiary/aromatic N) is 1. The van der Waals surface area contributed by atoms with Gasteiger partial charge in [-0.1, -0.05) is 12.1 Å². The molecule has 2 unspecified atom stereocenters. The number of phenols is 1. The smallest absolute Gasteiger partial charge is 0.196 e. The molecule has 84 valence electrons. The fraction of sp³-hybridized carbons (Fsp3) is 0.417. The zero-order valence-electron chi connectivity index (χ0n) is 9.01. The van der Waals surface area contributed by atoms with Crippen LogP contribution >= 0.6 is 0 Å². The van der Waals surface area contributed by atoms with Crippen molar-refractivity contribution in [1.29, 1.82) is 5.26 Å². The van der Waals surface area contributed by atoms with Crippen molar-refractivity contribution in [2.45, 2.75) is 25.2 Å². The maximum absolute atomic E-state index is 9.73. The molecule has 0 saturated carbocycles. The molecule has 16 heavy (non-hydrogen) atoms. The molecular weight excluding hydrogens is 206 g/mol. The lowest BCUT2D eigenvalue weighted by molar-refractivity contribution is -0.162. The third kappa shape index (κ3) is 1.87. The standard InChI is InChI=1S/C12H13NO3/c1-12(10-4-2-3-5-11(10)14)15-8-9(16-12)6-7-13/h2-5,9,14H,6,8H2,1H3. The van der Waals surface area contributed by atoms with Crippen molar-refractivity contribution in [3.63, 3.8) is 0 Å². The number of rotatable bonds is 2. The minimum absolute atomic E-state index is 0.141. The molecular formula is C12H13NO3. The highest BCUT2D eigenvalue weighted by Gasteiger charge is 2.40. The molecule has 0 spiro atoms. The second-order valence-electron chi connectivity index (χ2n) is 3.88. The zero-order chi connectivity index (χ0) is 11.6. The van der Waals surface area contributed by atoms with Gasteiger partial charge in [-0.2, -0.15) is 5.26 Å². The maximum Gasteiger partial charge on any atom is 0.196 e. The molecule has 1 fully saturated rings. The summed E-state index contributed by atoms with van der Waals surface area (Å²) in [6, 6.07) is 8.94. The van der Waals surface area contributed by atoms with Crippen LogP contribution < -0.4 is 0 Å². The Bertz CT molecular complexity index is 427. The van der Waals surface area contributed by atoms with Crippen molar-refractivity contribution in [1.82, 2.24) is 0 Å². The second kappa shape index (κ2) is 4.12. The minimum Gasteiger partial charge on any atom is -0.507 e. The van der Waals surface area contributed by atoms with E-state index in [1.807, 2.05) is 12.1 Å². The quantitative estimate of drug-likeness (QED) is 0.825. The third-order valence-corrected chi connectivity index (χ3v) is 2.65. The largest absolute Gasteiger partial charge is 0.507 e. The topological polar surface area (TPSA) is 62.5 Å². The van der Waals surface area contributed by atoms with E-state index in [2.05, 4.69) is 0 Å². The fourth-order valence-electron chi connectivity index (χ4n) is 1.84. The summed E-state index contributed by atoms with van der Waals surface area (Å²) in [5.74, 6) is -0.810. The van der Waals surface area contributed by atoms with Crippen molar-refractivity contribution >= 4 is 0 Å². The molecule has 1 aliphatic heterocycles. The first kappa shape index (κ1) is 10.9. The van der Waals surface area contributed by atoms with Gasteiger partial charge in [0.25, 0.3) is 0 Å². The van der Waals surface area contributed by atoms with Crippen molar-refractivity contribution in [2.75, 3.05) is 6.61 Å². The lowest BCUT2D eigenvalue weighted by Crippen LogP contribution is -2.23. The van der Waals surface area contributed by atoms with E-state index >= 15 is 0 Å². The first-order valence-electron chi connectivity index (χ1n) is 5.13. The number of para-hydroxylation sites is 1. The van der Waals surface area contributed by atoms with Gasteiger partial charge in [0.15, 0.2) is 5.79 Å². The molecule has 1 saturated heterocycles. The Morgan fingerprint density at radius 2 is 2.31 bits per heavy atom. The van der Waals surface area contributed by atoms with Crippen LogP contribution in [-0.4, -0.2) is 17.8 Å². The van der Waals surface area contributed by atoms with E-state index in [0.29, 0.717) is 18.6 Å². The second-order valence-corrected chi connectivity index (χ2v) is 3.88. The Labute approximate surface area is 94.0 Å². The molecule has 0 aromatic heterocycles. The molecule has 0 bridgehead atoms. The van der Waals surface area contributed by atoms with E-state index < -0.39 is 5.79 Å². The van der Waals surface area contributed by atoms with E-state index in [-0.39, 0.29) is 11.9 Å². The number of nitriles is 1. The summed E-state index contributed by atoms with van der Waals surface area (Å²) in [7, 11) is 0. The van der Waals surface area contributed by atoms with Gasteiger partial charge in [0.2, 0.25) is 0 Å². The molecule has 2 atom stereocenters. The van der Waals surface area contributed by atoms with Gasteiger partial charge in [-0.25, -0.2) is 0 Å². The highest BCUT2D eigenvalue weighted by atomic mass is 16.7. The van der Waals surface area contributed by atoms with Crippen LogP contribution in [0.2, 0.25) is 0 Å². The van der Waals surface area contributed by atoms with E-state index in [0.717, 1.165) is 0 Å². The van der Waals surface area contributed by atoms with Gasteiger partial charge in [-0.3, -0.25) is 0 Å². The average Bonchev–Trinajstić information content (AvgIpc) is 2.62. The summed E-state index contributed by atoms with van der Waals surface area (Å²) in [4.78, 5) is 0. The van der Waals surface area contributed by atoms with Gasteiger partial charge in [-0.05, 0) is 19.1 Å². The summed E-state index contributed by atoms with van der Waals surface area (Å²) in [6.07, 6.45) is 0.0676. The Morgan fingerprint density at radius 1 is 1.56 bits per heavy atom. The molecule has 1 aliphatic rings. The monoisotopic (exact) mass is 219 g/mol. The van der Waals surface area contributed by atoms with Crippen LogP contribution in [0.4, 0.5) is 0 Å². The normalized spacial score (nSPS) is 28.9. The van der Waals surface area contributed by atoms with Crippen molar-refractivity contribution in [3.05, 3.63) is 29.8 Å². The van der Waals surface area contributed by atoms with E-state index in [1.54, 1.807) is 25.1 Å². The van der Waals surface area contributed by atoms with Crippen LogP contribution in [0.1, 0.15) is 18.9 Å². The van der Waals surface area contributed by atoms with E-state index in [1.165, 1.54) is 0 Å². The number of phenolic OH excluding ortho intramolecular Hbond substituents is 1. The molecule has 0 aliphatic carbocycles. The summed E-state index contributed by atoms with van der Waals surface area (Å²) in [5.41, 5.74) is 0.593. The molecule has 1 N–H and O–H groups in total. The fourth-order valence-corrected chi connectivity index (χ4v) is 1.84. The maximum atomic E-state index is 9.73. The lowest BCUT2D eigenvalue weighted by Gasteiger charge is -2.24. The summed E-state index contributed by atoms with van der Waals surface area (Å²) in [6.45, 7) is 2.12. The van der Waals surface area contributed by atoms with E-state index in [9.17, 15) is 5.11 Å². The van der Waals surface area contributed by atoms with Gasteiger partial charge in [0.1, 0.15) is 5.75 Å². The lowest BCUT2D eigenvalue weighted by atomic mass is 10.1. The number of hydrogen-bond donors (Lipinski definition) is 1. The SMILES string of the molecule is CC1(c2ccccc2O)OCC(CC#N)O1. The Kier molecular flexibility index (Phi) is 2.82. The van der Waals surface area contributed by atoms with Gasteiger partial charge < -0.3 is 14.6 Å². The molecule has 1 aromatic carbocycles. The Morgan fingerprint density at radius 3 is 3.00 bits per heavy atom. The first-order chi connectivity index (χ1) is 7.65. The molecule has 4 heteroatoms. The van der Waals surface area contributed by atoms with Crippen molar-refractivity contribution < 1.29 is 14.6 Å². The van der Waals surface area contributed by atoms with Gasteiger partial charge in [0, 0.05) is 0 Å². The third-order valence-electron chi connectivity index (χ3n) is 2.65. The minimum atomic E-state index is -0.952. The van der Waals surface area contributed by atoms with Crippen LogP contribution in [-0.2, 0) is 15.3 Å². The molecule has 1 heterocycles. The molecule has 0 radical (unpaired) electrons. The predicted octanol–water partition coefficient (Wildman–Crippen LogP) is 1.89. The number of ether oxygens (including phenoxy) is 2. The predicted molar refractivity (Wildman–Crippen MR) is 56.5 cm³/mol. The zero-order valence-corrected chi connectivity index (χ0v) is 9.01. The highest BCUT2D eigenvalue weighted by Crippen LogP contribution is 2.38. The van der Waals surface area contributed by atoms with Crippen molar-refractivity contribution in [2.24, 2.45) is 0 Å². The Balaban J connectivity index is 2.22. The van der Waals surface area contributed by atoms with Gasteiger partial charge in [-0.15, -0.1) is 0 Å². The van der Waals surface area contributed by atoms with Crippen LogP contribution in [0, 0.1) is 11.3 Å². The van der Waals surface area contributed by atoms with Crippen LogP contribution in [0.25, 0.3) is 0 Å². The molecule has 0 amide bonds. The van der Waals surface area contributed by atoms with Gasteiger partial charge >= 0.3 is 0 Å².